The monoisotopic (exact) mass is 308 g/mol. The first-order valence-corrected chi connectivity index (χ1v) is 8.78. The minimum absolute atomic E-state index is 0.00546. The first kappa shape index (κ1) is 14.6. The number of hydrogen-bond acceptors (Lipinski definition) is 3. The zero-order chi connectivity index (χ0) is 15.8. The molecule has 4 saturated heterocycles. The van der Waals surface area contributed by atoms with Crippen LogP contribution in [0.4, 0.5) is 0 Å². The Bertz CT molecular complexity index is 504. The van der Waals surface area contributed by atoms with Crippen LogP contribution in [0.15, 0.2) is 0 Å². The molecule has 5 fully saturated rings. The van der Waals surface area contributed by atoms with E-state index in [1.165, 1.54) is 9.80 Å². The molecule has 5 nitrogen and oxygen atoms in total. The normalized spacial score (nSPS) is 52.5. The van der Waals surface area contributed by atoms with Crippen LogP contribution < -0.4 is 9.80 Å². The molecule has 5 rings (SSSR count). The van der Waals surface area contributed by atoms with Gasteiger partial charge in [-0.25, -0.2) is 0 Å². The molecule has 1 aliphatic carbocycles. The summed E-state index contributed by atoms with van der Waals surface area (Å²) in [6.07, 6.45) is 3.16. The van der Waals surface area contributed by atoms with E-state index < -0.39 is 0 Å². The number of hydrogen-bond donors (Lipinski definition) is 2. The quantitative estimate of drug-likeness (QED) is 0.607. The molecule has 0 aromatic heterocycles. The van der Waals surface area contributed by atoms with E-state index in [1.54, 1.807) is 0 Å². The van der Waals surface area contributed by atoms with Crippen molar-refractivity contribution in [1.82, 2.24) is 0 Å². The number of carbonyl (C=O) groups excluding carboxylic acids is 2. The predicted molar refractivity (Wildman–Crippen MR) is 79.3 cm³/mol. The highest BCUT2D eigenvalue weighted by Crippen LogP contribution is 2.41. The van der Waals surface area contributed by atoms with Crippen LogP contribution in [0.2, 0.25) is 0 Å². The average Bonchev–Trinajstić information content (AvgIpc) is 2.86. The number of carbonyl (C=O) groups is 2. The number of quaternary nitrogens is 2. The Kier molecular flexibility index (Phi) is 2.88. The predicted octanol–water partition coefficient (Wildman–Crippen LogP) is -1.56. The fourth-order valence-corrected chi connectivity index (χ4v) is 6.48. The molecule has 1 atom stereocenters. The summed E-state index contributed by atoms with van der Waals surface area (Å²) in [5.74, 6) is 0.474. The fraction of sp³-hybridized carbons (Fsp3) is 0.882. The van der Waals surface area contributed by atoms with Crippen LogP contribution in [0.25, 0.3) is 0 Å². The average molecular weight is 308 g/mol. The van der Waals surface area contributed by atoms with Crippen LogP contribution in [-0.2, 0) is 14.3 Å². The molecule has 0 aromatic carbocycles. The first-order valence-electron chi connectivity index (χ1n) is 8.78. The van der Waals surface area contributed by atoms with Crippen LogP contribution in [0.3, 0.4) is 0 Å². The van der Waals surface area contributed by atoms with E-state index in [2.05, 4.69) is 13.8 Å². The summed E-state index contributed by atoms with van der Waals surface area (Å²) in [6.45, 7) is 10.3. The SMILES string of the molecule is CCOC(=O)[C@H]1CCCC12[NH+]1CC3(C)C[NH+]2CC(C)(C1)C3=O. The maximum Gasteiger partial charge on any atom is 0.322 e. The molecule has 22 heavy (non-hydrogen) atoms. The summed E-state index contributed by atoms with van der Waals surface area (Å²) in [4.78, 5) is 28.4. The maximum absolute atomic E-state index is 12.8. The van der Waals surface area contributed by atoms with Gasteiger partial charge in [0.1, 0.15) is 10.8 Å². The molecule has 1 saturated carbocycles. The zero-order valence-corrected chi connectivity index (χ0v) is 14.0. The lowest BCUT2D eigenvalue weighted by Gasteiger charge is -2.64. The van der Waals surface area contributed by atoms with E-state index in [0.717, 1.165) is 45.4 Å². The summed E-state index contributed by atoms with van der Waals surface area (Å²) in [6, 6.07) is 0. The second-order valence-corrected chi connectivity index (χ2v) is 8.53. The second kappa shape index (κ2) is 4.32. The number of Topliss-reactive ketones (excluding diaryl/α,β-unsaturated/α-hetero) is 1. The highest BCUT2D eigenvalue weighted by molar-refractivity contribution is 5.91. The fourth-order valence-electron chi connectivity index (χ4n) is 6.48. The maximum atomic E-state index is 12.8. The van der Waals surface area contributed by atoms with Crippen molar-refractivity contribution in [1.29, 1.82) is 0 Å². The van der Waals surface area contributed by atoms with E-state index >= 15 is 0 Å². The van der Waals surface area contributed by atoms with Crippen molar-refractivity contribution in [2.24, 2.45) is 16.7 Å². The molecule has 0 radical (unpaired) electrons. The highest BCUT2D eigenvalue weighted by Gasteiger charge is 2.76. The molecule has 122 valence electrons. The molecule has 4 heterocycles. The first-order chi connectivity index (χ1) is 10.4. The minimum Gasteiger partial charge on any atom is -0.465 e. The minimum atomic E-state index is -0.192. The Morgan fingerprint density at radius 1 is 1.18 bits per heavy atom. The van der Waals surface area contributed by atoms with Gasteiger partial charge in [-0.3, -0.25) is 19.4 Å². The van der Waals surface area contributed by atoms with E-state index in [1.807, 2.05) is 6.92 Å². The number of rotatable bonds is 2. The summed E-state index contributed by atoms with van der Waals surface area (Å²) in [5, 5.41) is 0. The Labute approximate surface area is 132 Å². The molecule has 0 unspecified atom stereocenters. The number of ether oxygens (including phenoxy) is 1. The summed E-state index contributed by atoms with van der Waals surface area (Å²) < 4.78 is 5.40. The van der Waals surface area contributed by atoms with Crippen molar-refractivity contribution >= 4 is 11.8 Å². The lowest BCUT2D eigenvalue weighted by atomic mass is 9.59. The van der Waals surface area contributed by atoms with Gasteiger partial charge < -0.3 is 4.74 Å². The lowest BCUT2D eigenvalue weighted by Crippen LogP contribution is -3.50. The van der Waals surface area contributed by atoms with Crippen molar-refractivity contribution in [2.75, 3.05) is 32.8 Å². The van der Waals surface area contributed by atoms with Gasteiger partial charge in [0.05, 0.1) is 39.2 Å². The third-order valence-electron chi connectivity index (χ3n) is 7.00. The van der Waals surface area contributed by atoms with Crippen molar-refractivity contribution in [2.45, 2.75) is 45.7 Å². The summed E-state index contributed by atoms with van der Waals surface area (Å²) >= 11 is 0. The standard InChI is InChI=1S/C17H26N2O3/c1-4-22-13(20)12-6-5-7-17(12)18-8-15(2)9-19(17)11-16(3,10-18)14(15)21/h12H,4-11H2,1-3H3/p+2/t12-,15?,16?,17?/m1/s1. The summed E-state index contributed by atoms with van der Waals surface area (Å²) in [5.41, 5.74) is -0.405. The third kappa shape index (κ3) is 1.56. The van der Waals surface area contributed by atoms with Crippen LogP contribution in [0.5, 0.6) is 0 Å². The van der Waals surface area contributed by atoms with Gasteiger partial charge in [0.25, 0.3) is 0 Å². The molecule has 1 spiro atoms. The van der Waals surface area contributed by atoms with Gasteiger partial charge in [-0.1, -0.05) is 0 Å². The molecule has 5 heteroatoms. The van der Waals surface area contributed by atoms with E-state index in [9.17, 15) is 9.59 Å². The van der Waals surface area contributed by atoms with Gasteiger partial charge in [0, 0.05) is 0 Å². The van der Waals surface area contributed by atoms with Crippen molar-refractivity contribution < 1.29 is 24.1 Å². The molecule has 2 N–H and O–H groups in total. The zero-order valence-electron chi connectivity index (χ0n) is 14.0. The molecule has 0 amide bonds. The molecule has 5 aliphatic rings. The van der Waals surface area contributed by atoms with Gasteiger partial charge in [-0.15, -0.1) is 0 Å². The molecule has 4 bridgehead atoms. The topological polar surface area (TPSA) is 52.2 Å². The molecular formula is C17H28N2O3+2. The number of piperidine rings is 2. The van der Waals surface area contributed by atoms with Gasteiger partial charge >= 0.3 is 5.97 Å². The van der Waals surface area contributed by atoms with Gasteiger partial charge in [-0.2, -0.15) is 0 Å². The number of esters is 1. The second-order valence-electron chi connectivity index (χ2n) is 8.53. The Hall–Kier alpha value is -0.940. The smallest absolute Gasteiger partial charge is 0.322 e. The van der Waals surface area contributed by atoms with Gasteiger partial charge in [0.15, 0.2) is 11.7 Å². The molecular weight excluding hydrogens is 280 g/mol. The number of nitrogens with one attached hydrogen (secondary N) is 2. The van der Waals surface area contributed by atoms with Crippen molar-refractivity contribution in [3.05, 3.63) is 0 Å². The summed E-state index contributed by atoms with van der Waals surface area (Å²) in [7, 11) is 0. The molecule has 4 aliphatic heterocycles. The van der Waals surface area contributed by atoms with E-state index in [-0.39, 0.29) is 28.4 Å². The largest absolute Gasteiger partial charge is 0.465 e. The van der Waals surface area contributed by atoms with Crippen LogP contribution in [0.1, 0.15) is 40.0 Å². The van der Waals surface area contributed by atoms with E-state index in [4.69, 9.17) is 4.74 Å². The van der Waals surface area contributed by atoms with Crippen LogP contribution in [0, 0.1) is 16.7 Å². The van der Waals surface area contributed by atoms with Crippen LogP contribution in [-0.4, -0.2) is 50.2 Å². The van der Waals surface area contributed by atoms with Crippen molar-refractivity contribution in [3.63, 3.8) is 0 Å². The Morgan fingerprint density at radius 2 is 1.73 bits per heavy atom. The third-order valence-corrected chi connectivity index (χ3v) is 7.00. The van der Waals surface area contributed by atoms with E-state index in [0.29, 0.717) is 12.4 Å². The van der Waals surface area contributed by atoms with Gasteiger partial charge in [-0.05, 0) is 33.6 Å². The van der Waals surface area contributed by atoms with Crippen LogP contribution >= 0.6 is 0 Å². The molecule has 0 aromatic rings. The lowest BCUT2D eigenvalue weighted by molar-refractivity contribution is -1.20. The van der Waals surface area contributed by atoms with Gasteiger partial charge in [0.2, 0.25) is 5.66 Å². The number of ketones is 1. The highest BCUT2D eigenvalue weighted by atomic mass is 16.5. The Morgan fingerprint density at radius 3 is 2.23 bits per heavy atom. The Balaban J connectivity index is 1.73. The van der Waals surface area contributed by atoms with Crippen molar-refractivity contribution in [3.8, 4) is 0 Å².